The van der Waals surface area contributed by atoms with E-state index in [1.165, 1.54) is 6.21 Å². The molecule has 0 aliphatic heterocycles. The Balaban J connectivity index is 3.29. The molecule has 1 rings (SSSR count). The van der Waals surface area contributed by atoms with Crippen molar-refractivity contribution in [2.45, 2.75) is 0 Å². The molecule has 92 valence electrons. The summed E-state index contributed by atoms with van der Waals surface area (Å²) in [4.78, 5) is 0. The van der Waals surface area contributed by atoms with Crippen LogP contribution in [0.3, 0.4) is 0 Å². The van der Waals surface area contributed by atoms with Gasteiger partial charge < -0.3 is 15.3 Å². The van der Waals surface area contributed by atoms with E-state index >= 15 is 0 Å². The number of benzene rings is 1. The van der Waals surface area contributed by atoms with E-state index in [9.17, 15) is 0 Å². The first kappa shape index (κ1) is 14.1. The Labute approximate surface area is 117 Å². The molecule has 0 saturated carbocycles. The maximum Gasteiger partial charge on any atom is 0.176 e. The number of hydrogen-bond acceptors (Lipinski definition) is 4. The monoisotopic (exact) mass is 362 g/mol. The number of nitrogens with zero attached hydrogens (tertiary/aromatic N) is 1. The van der Waals surface area contributed by atoms with E-state index in [0.29, 0.717) is 18.1 Å². The molecule has 0 aliphatic carbocycles. The topological polar surface area (TPSA) is 56.8 Å². The largest absolute Gasteiger partial charge is 0.493 e. The predicted octanol–water partition coefficient (Wildman–Crippen LogP) is 3.08. The van der Waals surface area contributed by atoms with E-state index in [0.717, 1.165) is 14.5 Å². The molecular formula is C11H12Br2N2O2. The smallest absolute Gasteiger partial charge is 0.176 e. The summed E-state index contributed by atoms with van der Waals surface area (Å²) in [5, 5.41) is 3.49. The number of nitrogens with two attached hydrogens (primary N) is 1. The molecule has 6 heteroatoms. The van der Waals surface area contributed by atoms with Crippen molar-refractivity contribution in [2.24, 2.45) is 10.9 Å². The fourth-order valence-electron chi connectivity index (χ4n) is 1.21. The first-order valence-corrected chi connectivity index (χ1v) is 6.27. The fraction of sp³-hybridized carbons (Fsp3) is 0.182. The lowest BCUT2D eigenvalue weighted by molar-refractivity contribution is 0.324. The van der Waals surface area contributed by atoms with Gasteiger partial charge in [0.15, 0.2) is 11.5 Å². The first-order chi connectivity index (χ1) is 8.15. The van der Waals surface area contributed by atoms with Crippen LogP contribution in [0.2, 0.25) is 0 Å². The van der Waals surface area contributed by atoms with Gasteiger partial charge in [-0.1, -0.05) is 12.7 Å². The van der Waals surface area contributed by atoms with Gasteiger partial charge in [0.1, 0.15) is 6.61 Å². The summed E-state index contributed by atoms with van der Waals surface area (Å²) >= 11 is 6.87. The normalized spacial score (nSPS) is 10.5. The summed E-state index contributed by atoms with van der Waals surface area (Å²) in [6, 6.07) is 1.78. The van der Waals surface area contributed by atoms with Gasteiger partial charge in [-0.2, -0.15) is 5.10 Å². The zero-order valence-electron chi connectivity index (χ0n) is 9.24. The summed E-state index contributed by atoms with van der Waals surface area (Å²) in [7, 11) is 1.57. The van der Waals surface area contributed by atoms with E-state index in [-0.39, 0.29) is 0 Å². The van der Waals surface area contributed by atoms with Crippen LogP contribution >= 0.6 is 31.9 Å². The zero-order chi connectivity index (χ0) is 12.8. The van der Waals surface area contributed by atoms with Crippen molar-refractivity contribution in [1.82, 2.24) is 0 Å². The van der Waals surface area contributed by atoms with Gasteiger partial charge >= 0.3 is 0 Å². The highest BCUT2D eigenvalue weighted by atomic mass is 79.9. The van der Waals surface area contributed by atoms with Crippen LogP contribution in [0, 0.1) is 0 Å². The molecule has 0 saturated heterocycles. The molecule has 0 radical (unpaired) electrons. The molecule has 0 bridgehead atoms. The molecule has 1 aromatic carbocycles. The summed E-state index contributed by atoms with van der Waals surface area (Å²) in [5.74, 6) is 6.34. The number of methoxy groups -OCH3 is 1. The molecule has 0 atom stereocenters. The van der Waals surface area contributed by atoms with Crippen molar-refractivity contribution in [1.29, 1.82) is 0 Å². The van der Waals surface area contributed by atoms with Crippen LogP contribution in [-0.2, 0) is 0 Å². The number of ether oxygens (including phenoxy) is 2. The quantitative estimate of drug-likeness (QED) is 0.378. The van der Waals surface area contributed by atoms with Gasteiger partial charge in [0.2, 0.25) is 0 Å². The Morgan fingerprint density at radius 3 is 2.71 bits per heavy atom. The van der Waals surface area contributed by atoms with Crippen molar-refractivity contribution in [3.63, 3.8) is 0 Å². The third-order valence-corrected chi connectivity index (χ3v) is 4.08. The minimum Gasteiger partial charge on any atom is -0.493 e. The molecule has 17 heavy (non-hydrogen) atoms. The number of halogens is 2. The van der Waals surface area contributed by atoms with Crippen LogP contribution in [0.15, 0.2) is 32.8 Å². The van der Waals surface area contributed by atoms with Crippen LogP contribution in [-0.4, -0.2) is 19.9 Å². The number of hydrazone groups is 1. The maximum atomic E-state index is 5.53. The molecule has 4 nitrogen and oxygen atoms in total. The predicted molar refractivity (Wildman–Crippen MR) is 75.9 cm³/mol. The second-order valence-electron chi connectivity index (χ2n) is 3.00. The summed E-state index contributed by atoms with van der Waals surface area (Å²) < 4.78 is 12.3. The van der Waals surface area contributed by atoms with E-state index in [1.807, 2.05) is 0 Å². The van der Waals surface area contributed by atoms with E-state index in [4.69, 9.17) is 15.3 Å². The lowest BCUT2D eigenvalue weighted by Gasteiger charge is -2.14. The Hall–Kier alpha value is -1.01. The molecule has 0 fully saturated rings. The van der Waals surface area contributed by atoms with Crippen LogP contribution in [0.1, 0.15) is 5.56 Å². The van der Waals surface area contributed by atoms with E-state index < -0.39 is 0 Å². The van der Waals surface area contributed by atoms with Gasteiger partial charge in [-0.15, -0.1) is 0 Å². The van der Waals surface area contributed by atoms with E-state index in [1.54, 1.807) is 19.3 Å². The molecule has 0 unspecified atom stereocenters. The van der Waals surface area contributed by atoms with Crippen molar-refractivity contribution in [2.75, 3.05) is 13.7 Å². The molecule has 0 aliphatic rings. The highest BCUT2D eigenvalue weighted by Crippen LogP contribution is 2.42. The van der Waals surface area contributed by atoms with Gasteiger partial charge in [-0.05, 0) is 37.9 Å². The average Bonchev–Trinajstić information content (AvgIpc) is 2.34. The zero-order valence-corrected chi connectivity index (χ0v) is 12.4. The Bertz CT molecular complexity index is 448. The van der Waals surface area contributed by atoms with Gasteiger partial charge in [-0.3, -0.25) is 0 Å². The second-order valence-corrected chi connectivity index (χ2v) is 4.59. The number of hydrogen-bond donors (Lipinski definition) is 1. The Morgan fingerprint density at radius 1 is 1.47 bits per heavy atom. The average molecular weight is 364 g/mol. The summed E-state index contributed by atoms with van der Waals surface area (Å²) in [5.41, 5.74) is 0.794. The van der Waals surface area contributed by atoms with Gasteiger partial charge in [-0.25, -0.2) is 0 Å². The molecule has 0 spiro atoms. The molecule has 1 aromatic rings. The second kappa shape index (κ2) is 6.66. The third kappa shape index (κ3) is 3.23. The minimum atomic E-state index is 0.395. The third-order valence-electron chi connectivity index (χ3n) is 1.93. The van der Waals surface area contributed by atoms with Crippen LogP contribution < -0.4 is 15.3 Å². The van der Waals surface area contributed by atoms with E-state index in [2.05, 4.69) is 43.5 Å². The number of rotatable bonds is 5. The van der Waals surface area contributed by atoms with Gasteiger partial charge in [0, 0.05) is 10.0 Å². The molecule has 0 heterocycles. The van der Waals surface area contributed by atoms with Gasteiger partial charge in [0.25, 0.3) is 0 Å². The van der Waals surface area contributed by atoms with Crippen molar-refractivity contribution >= 4 is 38.1 Å². The SMILES string of the molecule is C=CCOc1c(OC)cc(C=NN)c(Br)c1Br. The lowest BCUT2D eigenvalue weighted by atomic mass is 10.2. The molecule has 0 aromatic heterocycles. The van der Waals surface area contributed by atoms with Crippen LogP contribution in [0.25, 0.3) is 0 Å². The van der Waals surface area contributed by atoms with Crippen LogP contribution in [0.4, 0.5) is 0 Å². The highest BCUT2D eigenvalue weighted by molar-refractivity contribution is 9.13. The van der Waals surface area contributed by atoms with Crippen molar-refractivity contribution in [3.05, 3.63) is 33.2 Å². The molecule has 0 amide bonds. The summed E-state index contributed by atoms with van der Waals surface area (Å²) in [6.45, 7) is 3.99. The van der Waals surface area contributed by atoms with Gasteiger partial charge in [0.05, 0.1) is 17.8 Å². The fourth-order valence-corrected chi connectivity index (χ4v) is 2.14. The summed E-state index contributed by atoms with van der Waals surface area (Å²) in [6.07, 6.45) is 3.18. The first-order valence-electron chi connectivity index (χ1n) is 4.68. The molecular weight excluding hydrogens is 352 g/mol. The van der Waals surface area contributed by atoms with Crippen molar-refractivity contribution < 1.29 is 9.47 Å². The minimum absolute atomic E-state index is 0.395. The Morgan fingerprint density at radius 2 is 2.18 bits per heavy atom. The van der Waals surface area contributed by atoms with Crippen molar-refractivity contribution in [3.8, 4) is 11.5 Å². The maximum absolute atomic E-state index is 5.53. The highest BCUT2D eigenvalue weighted by Gasteiger charge is 2.15. The van der Waals surface area contributed by atoms with Crippen LogP contribution in [0.5, 0.6) is 11.5 Å². The lowest BCUT2D eigenvalue weighted by Crippen LogP contribution is -2.00. The standard InChI is InChI=1S/C11H12Br2N2O2/c1-3-4-17-11-8(16-2)5-7(6-15-14)9(12)10(11)13/h3,5-6H,1,4,14H2,2H3. The Kier molecular flexibility index (Phi) is 5.50. The molecule has 2 N–H and O–H groups in total.